The molecule has 0 saturated heterocycles. The topological polar surface area (TPSA) is 12.0 Å². The summed E-state index contributed by atoms with van der Waals surface area (Å²) >= 11 is 9.23. The lowest BCUT2D eigenvalue weighted by Gasteiger charge is -2.16. The van der Waals surface area contributed by atoms with Gasteiger partial charge in [0.05, 0.1) is 5.02 Å². The third-order valence-corrected chi connectivity index (χ3v) is 3.90. The Morgan fingerprint density at radius 3 is 2.32 bits per heavy atom. The van der Waals surface area contributed by atoms with Crippen LogP contribution >= 0.6 is 27.5 Å². The predicted molar refractivity (Wildman–Crippen MR) is 77.5 cm³/mol. The quantitative estimate of drug-likeness (QED) is 0.768. The Balaban J connectivity index is 2.20. The maximum atomic E-state index is 13.2. The van der Waals surface area contributed by atoms with Crippen LogP contribution in [0.2, 0.25) is 5.02 Å². The van der Waals surface area contributed by atoms with Gasteiger partial charge < -0.3 is 5.32 Å². The molecule has 0 aliphatic rings. The molecule has 5 heteroatoms. The van der Waals surface area contributed by atoms with E-state index in [4.69, 9.17) is 11.6 Å². The number of anilines is 1. The minimum atomic E-state index is -0.582. The summed E-state index contributed by atoms with van der Waals surface area (Å²) in [4.78, 5) is 0. The standard InChI is InChI=1S/C14H11BrClF2N/c1-8(9-4-10(17)6-11(18)5-9)19-12-2-3-14(16)13(15)7-12/h2-8,19H,1H3. The van der Waals surface area contributed by atoms with E-state index in [-0.39, 0.29) is 6.04 Å². The van der Waals surface area contributed by atoms with Crippen LogP contribution in [0.1, 0.15) is 18.5 Å². The van der Waals surface area contributed by atoms with Crippen molar-refractivity contribution in [3.63, 3.8) is 0 Å². The van der Waals surface area contributed by atoms with Gasteiger partial charge in [-0.1, -0.05) is 11.6 Å². The zero-order chi connectivity index (χ0) is 14.0. The molecule has 0 heterocycles. The van der Waals surface area contributed by atoms with E-state index >= 15 is 0 Å². The molecule has 1 atom stereocenters. The van der Waals surface area contributed by atoms with Gasteiger partial charge in [-0.15, -0.1) is 0 Å². The van der Waals surface area contributed by atoms with Gasteiger partial charge in [-0.05, 0) is 58.7 Å². The van der Waals surface area contributed by atoms with Gasteiger partial charge in [-0.25, -0.2) is 8.78 Å². The summed E-state index contributed by atoms with van der Waals surface area (Å²) in [5.74, 6) is -1.16. The number of hydrogen-bond donors (Lipinski definition) is 1. The second-order valence-corrected chi connectivity index (χ2v) is 5.46. The SMILES string of the molecule is CC(Nc1ccc(Cl)c(Br)c1)c1cc(F)cc(F)c1. The first kappa shape index (κ1) is 14.3. The largest absolute Gasteiger partial charge is 0.378 e. The minimum Gasteiger partial charge on any atom is -0.378 e. The van der Waals surface area contributed by atoms with E-state index in [1.54, 1.807) is 12.1 Å². The van der Waals surface area contributed by atoms with Gasteiger partial charge in [0.2, 0.25) is 0 Å². The van der Waals surface area contributed by atoms with E-state index in [1.807, 2.05) is 13.0 Å². The van der Waals surface area contributed by atoms with Gasteiger partial charge in [0, 0.05) is 22.3 Å². The molecule has 0 radical (unpaired) electrons. The molecule has 0 saturated carbocycles. The molecule has 0 bridgehead atoms. The van der Waals surface area contributed by atoms with Crippen molar-refractivity contribution >= 4 is 33.2 Å². The van der Waals surface area contributed by atoms with Crippen LogP contribution in [-0.4, -0.2) is 0 Å². The number of halogens is 4. The molecule has 19 heavy (non-hydrogen) atoms. The van der Waals surface area contributed by atoms with Crippen LogP contribution in [0.15, 0.2) is 40.9 Å². The average molecular weight is 347 g/mol. The third kappa shape index (κ3) is 3.67. The van der Waals surface area contributed by atoms with E-state index in [2.05, 4.69) is 21.2 Å². The van der Waals surface area contributed by atoms with E-state index in [1.165, 1.54) is 12.1 Å². The second-order valence-electron chi connectivity index (χ2n) is 4.20. The summed E-state index contributed by atoms with van der Waals surface area (Å²) in [5.41, 5.74) is 1.36. The van der Waals surface area contributed by atoms with E-state index in [9.17, 15) is 8.78 Å². The number of rotatable bonds is 3. The molecule has 0 aromatic heterocycles. The fourth-order valence-electron chi connectivity index (χ4n) is 1.74. The van der Waals surface area contributed by atoms with Gasteiger partial charge in [-0.2, -0.15) is 0 Å². The van der Waals surface area contributed by atoms with Crippen LogP contribution in [0.25, 0.3) is 0 Å². The van der Waals surface area contributed by atoms with Crippen molar-refractivity contribution in [1.29, 1.82) is 0 Å². The second kappa shape index (κ2) is 5.88. The Hall–Kier alpha value is -1.13. The predicted octanol–water partition coefficient (Wildman–Crippen LogP) is 5.55. The molecule has 1 N–H and O–H groups in total. The van der Waals surface area contributed by atoms with E-state index in [0.29, 0.717) is 10.6 Å². The van der Waals surface area contributed by atoms with Crippen LogP contribution in [0.4, 0.5) is 14.5 Å². The summed E-state index contributed by atoms with van der Waals surface area (Å²) in [6, 6.07) is 8.62. The van der Waals surface area contributed by atoms with Crippen molar-refractivity contribution in [2.24, 2.45) is 0 Å². The summed E-state index contributed by atoms with van der Waals surface area (Å²) < 4.78 is 27.1. The van der Waals surface area contributed by atoms with Gasteiger partial charge in [0.1, 0.15) is 11.6 Å². The maximum absolute atomic E-state index is 13.2. The fourth-order valence-corrected chi connectivity index (χ4v) is 2.24. The highest BCUT2D eigenvalue weighted by Gasteiger charge is 2.09. The molecular weight excluding hydrogens is 336 g/mol. The Kier molecular flexibility index (Phi) is 4.42. The highest BCUT2D eigenvalue weighted by atomic mass is 79.9. The van der Waals surface area contributed by atoms with Crippen LogP contribution in [-0.2, 0) is 0 Å². The highest BCUT2D eigenvalue weighted by molar-refractivity contribution is 9.10. The Morgan fingerprint density at radius 1 is 1.11 bits per heavy atom. The molecule has 1 unspecified atom stereocenters. The first-order valence-corrected chi connectivity index (χ1v) is 6.80. The molecule has 0 spiro atoms. The zero-order valence-corrected chi connectivity index (χ0v) is 12.4. The summed E-state index contributed by atoms with van der Waals surface area (Å²) in [6.45, 7) is 1.83. The van der Waals surface area contributed by atoms with Gasteiger partial charge >= 0.3 is 0 Å². The number of nitrogens with one attached hydrogen (secondary N) is 1. The maximum Gasteiger partial charge on any atom is 0.126 e. The fraction of sp³-hybridized carbons (Fsp3) is 0.143. The molecule has 0 amide bonds. The van der Waals surface area contributed by atoms with Crippen molar-refractivity contribution in [2.45, 2.75) is 13.0 Å². The normalized spacial score (nSPS) is 12.3. The van der Waals surface area contributed by atoms with Crippen LogP contribution < -0.4 is 5.32 Å². The summed E-state index contributed by atoms with van der Waals surface area (Å²) in [7, 11) is 0. The van der Waals surface area contributed by atoms with Gasteiger partial charge in [-0.3, -0.25) is 0 Å². The molecule has 2 rings (SSSR count). The lowest BCUT2D eigenvalue weighted by molar-refractivity contribution is 0.577. The molecule has 2 aromatic carbocycles. The highest BCUT2D eigenvalue weighted by Crippen LogP contribution is 2.28. The Bertz CT molecular complexity index is 584. The van der Waals surface area contributed by atoms with Gasteiger partial charge in [0.25, 0.3) is 0 Å². The molecule has 2 aromatic rings. The van der Waals surface area contributed by atoms with E-state index in [0.717, 1.165) is 16.2 Å². The van der Waals surface area contributed by atoms with Crippen molar-refractivity contribution in [3.8, 4) is 0 Å². The van der Waals surface area contributed by atoms with Crippen LogP contribution in [0.5, 0.6) is 0 Å². The molecule has 100 valence electrons. The summed E-state index contributed by atoms with van der Waals surface area (Å²) in [6.07, 6.45) is 0. The molecule has 0 aliphatic heterocycles. The Morgan fingerprint density at radius 2 is 1.74 bits per heavy atom. The summed E-state index contributed by atoms with van der Waals surface area (Å²) in [5, 5.41) is 3.77. The third-order valence-electron chi connectivity index (χ3n) is 2.69. The monoisotopic (exact) mass is 345 g/mol. The molecular formula is C14H11BrClF2N. The van der Waals surface area contributed by atoms with Crippen LogP contribution in [0, 0.1) is 11.6 Å². The first-order chi connectivity index (χ1) is 8.95. The smallest absolute Gasteiger partial charge is 0.126 e. The lowest BCUT2D eigenvalue weighted by atomic mass is 10.1. The molecule has 0 fully saturated rings. The van der Waals surface area contributed by atoms with Crippen LogP contribution in [0.3, 0.4) is 0 Å². The van der Waals surface area contributed by atoms with E-state index < -0.39 is 11.6 Å². The Labute approximate surface area is 123 Å². The minimum absolute atomic E-state index is 0.224. The number of hydrogen-bond acceptors (Lipinski definition) is 1. The van der Waals surface area contributed by atoms with Gasteiger partial charge in [0.15, 0.2) is 0 Å². The lowest BCUT2D eigenvalue weighted by Crippen LogP contribution is -2.07. The van der Waals surface area contributed by atoms with Crippen molar-refractivity contribution in [1.82, 2.24) is 0 Å². The van der Waals surface area contributed by atoms with Crippen molar-refractivity contribution in [2.75, 3.05) is 5.32 Å². The van der Waals surface area contributed by atoms with Crippen molar-refractivity contribution < 1.29 is 8.78 Å². The zero-order valence-electron chi connectivity index (χ0n) is 10.1. The first-order valence-electron chi connectivity index (χ1n) is 5.63. The van der Waals surface area contributed by atoms with Crippen molar-refractivity contribution in [3.05, 3.63) is 63.1 Å². The average Bonchev–Trinajstić information content (AvgIpc) is 2.32. The molecule has 1 nitrogen and oxygen atoms in total. The number of benzene rings is 2. The molecule has 0 aliphatic carbocycles.